The van der Waals surface area contributed by atoms with Crippen LogP contribution in [0.3, 0.4) is 0 Å². The van der Waals surface area contributed by atoms with E-state index in [1.54, 1.807) is 11.3 Å². The van der Waals surface area contributed by atoms with Crippen molar-refractivity contribution in [2.75, 3.05) is 13.1 Å². The van der Waals surface area contributed by atoms with E-state index in [1.807, 2.05) is 11.4 Å². The fraction of sp³-hybridized carbons (Fsp3) is 0.538. The first kappa shape index (κ1) is 13.1. The minimum absolute atomic E-state index is 0. The first-order valence-corrected chi connectivity index (χ1v) is 7.39. The van der Waals surface area contributed by atoms with Crippen molar-refractivity contribution in [2.45, 2.75) is 25.2 Å². The summed E-state index contributed by atoms with van der Waals surface area (Å²) in [6, 6.07) is 2.03. The molecule has 1 aliphatic carbocycles. The molecule has 4 rings (SSSR count). The second-order valence-corrected chi connectivity index (χ2v) is 6.12. The van der Waals surface area contributed by atoms with Gasteiger partial charge in [-0.2, -0.15) is 16.3 Å². The average molecular weight is 298 g/mol. The topological polar surface area (TPSA) is 51.0 Å². The third-order valence-electron chi connectivity index (χ3n) is 4.31. The van der Waals surface area contributed by atoms with E-state index in [9.17, 15) is 0 Å². The van der Waals surface area contributed by atoms with Crippen molar-refractivity contribution >= 4 is 23.7 Å². The first-order chi connectivity index (χ1) is 8.87. The molecule has 1 aliphatic heterocycles. The summed E-state index contributed by atoms with van der Waals surface area (Å²) in [7, 11) is 0. The van der Waals surface area contributed by atoms with Crippen molar-refractivity contribution in [3.05, 3.63) is 22.7 Å². The number of thiophene rings is 1. The second-order valence-electron chi connectivity index (χ2n) is 5.34. The fourth-order valence-electron chi connectivity index (χ4n) is 3.06. The van der Waals surface area contributed by atoms with Crippen LogP contribution in [0.1, 0.15) is 31.1 Å². The summed E-state index contributed by atoms with van der Waals surface area (Å²) >= 11 is 1.66. The quantitative estimate of drug-likeness (QED) is 0.925. The molecule has 2 fully saturated rings. The van der Waals surface area contributed by atoms with Crippen LogP contribution in [0.5, 0.6) is 0 Å². The van der Waals surface area contributed by atoms with Crippen molar-refractivity contribution in [3.8, 4) is 11.4 Å². The van der Waals surface area contributed by atoms with Crippen LogP contribution >= 0.6 is 23.7 Å². The lowest BCUT2D eigenvalue weighted by Gasteiger charge is -2.22. The molecule has 1 spiro atoms. The maximum Gasteiger partial charge on any atom is 0.230 e. The third-order valence-corrected chi connectivity index (χ3v) is 4.99. The Morgan fingerprint density at radius 2 is 2.21 bits per heavy atom. The molecular weight excluding hydrogens is 282 g/mol. The Kier molecular flexibility index (Phi) is 3.37. The standard InChI is InChI=1S/C13H15N3OS.ClH/c1-6-18-8-9(1)11-15-12(17-16-11)10-7-13(10)2-4-14-5-3-13;/h1,6,8,10,14H,2-5,7H2;1H. The van der Waals surface area contributed by atoms with Gasteiger partial charge < -0.3 is 9.84 Å². The normalized spacial score (nSPS) is 24.1. The number of nitrogens with zero attached hydrogens (tertiary/aromatic N) is 2. The zero-order valence-electron chi connectivity index (χ0n) is 10.5. The predicted octanol–water partition coefficient (Wildman–Crippen LogP) is 3.08. The number of rotatable bonds is 2. The zero-order valence-corrected chi connectivity index (χ0v) is 12.1. The largest absolute Gasteiger partial charge is 0.339 e. The molecule has 2 aromatic rings. The van der Waals surface area contributed by atoms with Gasteiger partial charge in [0, 0.05) is 16.9 Å². The maximum absolute atomic E-state index is 5.46. The van der Waals surface area contributed by atoms with E-state index >= 15 is 0 Å². The molecule has 1 saturated carbocycles. The summed E-state index contributed by atoms with van der Waals surface area (Å²) in [6.07, 6.45) is 3.71. The van der Waals surface area contributed by atoms with Crippen molar-refractivity contribution in [1.29, 1.82) is 0 Å². The van der Waals surface area contributed by atoms with E-state index < -0.39 is 0 Å². The Hall–Kier alpha value is -0.910. The number of halogens is 1. The van der Waals surface area contributed by atoms with Crippen LogP contribution in [0.15, 0.2) is 21.3 Å². The molecule has 4 nitrogen and oxygen atoms in total. The molecule has 0 amide bonds. The van der Waals surface area contributed by atoms with E-state index in [1.165, 1.54) is 19.3 Å². The SMILES string of the molecule is Cl.c1cc(-c2noc(C3CC34CCNCC4)n2)cs1. The van der Waals surface area contributed by atoms with Crippen LogP contribution in [0.4, 0.5) is 0 Å². The number of aromatic nitrogens is 2. The Bertz CT molecular complexity index is 548. The molecule has 0 bridgehead atoms. The minimum atomic E-state index is 0. The van der Waals surface area contributed by atoms with Gasteiger partial charge in [-0.25, -0.2) is 0 Å². The van der Waals surface area contributed by atoms with Crippen molar-refractivity contribution in [1.82, 2.24) is 15.5 Å². The van der Waals surface area contributed by atoms with Crippen LogP contribution in [0, 0.1) is 5.41 Å². The Balaban J connectivity index is 0.00000110. The predicted molar refractivity (Wildman–Crippen MR) is 76.8 cm³/mol. The monoisotopic (exact) mass is 297 g/mol. The van der Waals surface area contributed by atoms with Crippen molar-refractivity contribution < 1.29 is 4.52 Å². The van der Waals surface area contributed by atoms with Gasteiger partial charge in [0.1, 0.15) is 0 Å². The highest BCUT2D eigenvalue weighted by atomic mass is 35.5. The maximum atomic E-state index is 5.46. The molecule has 1 N–H and O–H groups in total. The molecule has 6 heteroatoms. The van der Waals surface area contributed by atoms with Gasteiger partial charge in [0.25, 0.3) is 0 Å². The smallest absolute Gasteiger partial charge is 0.230 e. The first-order valence-electron chi connectivity index (χ1n) is 6.44. The molecule has 2 aromatic heterocycles. The van der Waals surface area contributed by atoms with Crippen LogP contribution in [-0.4, -0.2) is 23.2 Å². The van der Waals surface area contributed by atoms with Crippen LogP contribution in [-0.2, 0) is 0 Å². The van der Waals surface area contributed by atoms with E-state index in [2.05, 4.69) is 20.8 Å². The number of piperidine rings is 1. The average Bonchev–Trinajstić information content (AvgIpc) is 2.86. The van der Waals surface area contributed by atoms with Crippen LogP contribution < -0.4 is 5.32 Å². The van der Waals surface area contributed by atoms with Crippen LogP contribution in [0.25, 0.3) is 11.4 Å². The molecule has 19 heavy (non-hydrogen) atoms. The summed E-state index contributed by atoms with van der Waals surface area (Å²) < 4.78 is 5.46. The highest BCUT2D eigenvalue weighted by Gasteiger charge is 2.57. The van der Waals surface area contributed by atoms with E-state index in [0.717, 1.165) is 30.4 Å². The molecule has 3 heterocycles. The lowest BCUT2D eigenvalue weighted by Crippen LogP contribution is -2.29. The summed E-state index contributed by atoms with van der Waals surface area (Å²) in [5, 5.41) is 11.6. The van der Waals surface area contributed by atoms with Gasteiger partial charge in [0.2, 0.25) is 11.7 Å². The summed E-state index contributed by atoms with van der Waals surface area (Å²) in [5.41, 5.74) is 1.53. The van der Waals surface area contributed by atoms with Gasteiger partial charge in [-0.3, -0.25) is 0 Å². The third kappa shape index (κ3) is 2.20. The summed E-state index contributed by atoms with van der Waals surface area (Å²) in [6.45, 7) is 2.25. The van der Waals surface area contributed by atoms with E-state index in [-0.39, 0.29) is 12.4 Å². The number of hydrogen-bond acceptors (Lipinski definition) is 5. The number of hydrogen-bond donors (Lipinski definition) is 1. The van der Waals surface area contributed by atoms with Gasteiger partial charge in [0.15, 0.2) is 0 Å². The Labute approximate surface area is 122 Å². The summed E-state index contributed by atoms with van der Waals surface area (Å²) in [4.78, 5) is 4.57. The highest BCUT2D eigenvalue weighted by Crippen LogP contribution is 2.63. The van der Waals surface area contributed by atoms with Gasteiger partial charge in [-0.05, 0) is 49.2 Å². The molecular formula is C13H16ClN3OS. The van der Waals surface area contributed by atoms with Crippen LogP contribution in [0.2, 0.25) is 0 Å². The van der Waals surface area contributed by atoms with Gasteiger partial charge in [0.05, 0.1) is 0 Å². The van der Waals surface area contributed by atoms with Crippen molar-refractivity contribution in [2.24, 2.45) is 5.41 Å². The lowest BCUT2D eigenvalue weighted by atomic mass is 9.92. The fourth-order valence-corrected chi connectivity index (χ4v) is 3.69. The molecule has 0 radical (unpaired) electrons. The van der Waals surface area contributed by atoms with Gasteiger partial charge >= 0.3 is 0 Å². The molecule has 0 aromatic carbocycles. The van der Waals surface area contributed by atoms with Crippen molar-refractivity contribution in [3.63, 3.8) is 0 Å². The lowest BCUT2D eigenvalue weighted by molar-refractivity contribution is 0.311. The Morgan fingerprint density at radius 3 is 2.95 bits per heavy atom. The zero-order chi connectivity index (χ0) is 12.0. The molecule has 2 aliphatic rings. The van der Waals surface area contributed by atoms with Gasteiger partial charge in [-0.1, -0.05) is 5.16 Å². The molecule has 1 unspecified atom stereocenters. The Morgan fingerprint density at radius 1 is 1.37 bits per heavy atom. The number of nitrogens with one attached hydrogen (secondary N) is 1. The second kappa shape index (κ2) is 4.89. The van der Waals surface area contributed by atoms with Gasteiger partial charge in [-0.15, -0.1) is 12.4 Å². The minimum Gasteiger partial charge on any atom is -0.339 e. The molecule has 1 saturated heterocycles. The summed E-state index contributed by atoms with van der Waals surface area (Å²) in [5.74, 6) is 2.08. The van der Waals surface area contributed by atoms with E-state index in [4.69, 9.17) is 4.52 Å². The van der Waals surface area contributed by atoms with E-state index in [0.29, 0.717) is 11.3 Å². The highest BCUT2D eigenvalue weighted by molar-refractivity contribution is 7.08. The molecule has 102 valence electrons. The molecule has 1 atom stereocenters.